The molecule has 1 unspecified atom stereocenters. The summed E-state index contributed by atoms with van der Waals surface area (Å²) < 4.78 is 0. The molecule has 0 spiro atoms. The summed E-state index contributed by atoms with van der Waals surface area (Å²) in [4.78, 5) is 33.7. The Morgan fingerprint density at radius 2 is 1.53 bits per heavy atom. The molecule has 0 aromatic heterocycles. The van der Waals surface area contributed by atoms with Gasteiger partial charge in [0.05, 0.1) is 13.1 Å². The number of carbonyl (C=O) groups excluding carboxylic acids is 3. The first-order valence-electron chi connectivity index (χ1n) is 4.43. The lowest BCUT2D eigenvalue weighted by molar-refractivity contribution is -0.138. The van der Waals surface area contributed by atoms with Gasteiger partial charge in [-0.3, -0.25) is 14.4 Å². The van der Waals surface area contributed by atoms with Gasteiger partial charge in [0.15, 0.2) is 0 Å². The molecule has 86 valence electrons. The lowest BCUT2D eigenvalue weighted by atomic mass is 10.2. The number of nitrogens with two attached hydrogens (primary N) is 3. The summed E-state index contributed by atoms with van der Waals surface area (Å²) in [5.41, 5.74) is 15.3. The highest BCUT2D eigenvalue weighted by atomic mass is 16.2. The maximum absolute atomic E-state index is 11.5. The highest BCUT2D eigenvalue weighted by molar-refractivity contribution is 5.88. The van der Waals surface area contributed by atoms with Crippen molar-refractivity contribution < 1.29 is 14.4 Å². The van der Waals surface area contributed by atoms with E-state index in [1.165, 1.54) is 0 Å². The highest BCUT2D eigenvalue weighted by Crippen LogP contribution is 1.96. The third-order valence-electron chi connectivity index (χ3n) is 1.54. The Hall–Kier alpha value is -1.63. The zero-order valence-corrected chi connectivity index (χ0v) is 8.60. The molecule has 0 heterocycles. The molecule has 0 bridgehead atoms. The molecule has 0 radical (unpaired) electrons. The molecule has 7 heteroatoms. The average Bonchev–Trinajstić information content (AvgIpc) is 1.99. The van der Waals surface area contributed by atoms with Crippen molar-refractivity contribution >= 4 is 17.7 Å². The SMILES string of the molecule is CC(N)CC(=O)N(CC(N)=O)CC(N)=O. The molecule has 0 aromatic rings. The van der Waals surface area contributed by atoms with E-state index in [-0.39, 0.29) is 25.6 Å². The van der Waals surface area contributed by atoms with Crippen LogP contribution in [0.4, 0.5) is 0 Å². The molecular formula is C8H16N4O3. The Labute approximate surface area is 87.6 Å². The topological polar surface area (TPSA) is 133 Å². The maximum Gasteiger partial charge on any atom is 0.237 e. The van der Waals surface area contributed by atoms with Gasteiger partial charge >= 0.3 is 0 Å². The van der Waals surface area contributed by atoms with Crippen LogP contribution < -0.4 is 17.2 Å². The van der Waals surface area contributed by atoms with E-state index in [4.69, 9.17) is 17.2 Å². The van der Waals surface area contributed by atoms with Crippen molar-refractivity contribution in [3.05, 3.63) is 0 Å². The Balaban J connectivity index is 4.40. The number of hydrogen-bond acceptors (Lipinski definition) is 4. The standard InChI is InChI=1S/C8H16N4O3/c1-5(9)2-8(15)12(3-6(10)13)4-7(11)14/h5H,2-4,9H2,1H3,(H2,10,13)(H2,11,14). The fraction of sp³-hybridized carbons (Fsp3) is 0.625. The van der Waals surface area contributed by atoms with Crippen LogP contribution in [0.3, 0.4) is 0 Å². The van der Waals surface area contributed by atoms with E-state index < -0.39 is 17.7 Å². The van der Waals surface area contributed by atoms with Crippen LogP contribution in [0.5, 0.6) is 0 Å². The van der Waals surface area contributed by atoms with E-state index in [9.17, 15) is 14.4 Å². The Morgan fingerprint density at radius 1 is 1.13 bits per heavy atom. The van der Waals surface area contributed by atoms with E-state index >= 15 is 0 Å². The first-order valence-corrected chi connectivity index (χ1v) is 4.43. The van der Waals surface area contributed by atoms with E-state index in [0.29, 0.717) is 0 Å². The maximum atomic E-state index is 11.5. The van der Waals surface area contributed by atoms with Crippen molar-refractivity contribution in [3.63, 3.8) is 0 Å². The number of carbonyl (C=O) groups is 3. The zero-order chi connectivity index (χ0) is 12.0. The van der Waals surface area contributed by atoms with Gasteiger partial charge in [-0.1, -0.05) is 0 Å². The number of amides is 3. The van der Waals surface area contributed by atoms with Crippen molar-refractivity contribution in [2.75, 3.05) is 13.1 Å². The molecule has 0 aliphatic carbocycles. The van der Waals surface area contributed by atoms with Gasteiger partial charge in [-0.05, 0) is 6.92 Å². The number of hydrogen-bond donors (Lipinski definition) is 3. The molecule has 0 aliphatic heterocycles. The second kappa shape index (κ2) is 5.97. The van der Waals surface area contributed by atoms with Crippen LogP contribution in [0, 0.1) is 0 Å². The Morgan fingerprint density at radius 3 is 1.80 bits per heavy atom. The molecule has 7 nitrogen and oxygen atoms in total. The van der Waals surface area contributed by atoms with Gasteiger partial charge in [-0.2, -0.15) is 0 Å². The fourth-order valence-electron chi connectivity index (χ4n) is 1.01. The van der Waals surface area contributed by atoms with Crippen molar-refractivity contribution in [3.8, 4) is 0 Å². The first-order chi connectivity index (χ1) is 6.82. The monoisotopic (exact) mass is 216 g/mol. The van der Waals surface area contributed by atoms with Crippen LogP contribution in [0.1, 0.15) is 13.3 Å². The van der Waals surface area contributed by atoms with Gasteiger partial charge in [-0.15, -0.1) is 0 Å². The van der Waals surface area contributed by atoms with Crippen LogP contribution in [0.25, 0.3) is 0 Å². The summed E-state index contributed by atoms with van der Waals surface area (Å²) in [5.74, 6) is -1.81. The minimum Gasteiger partial charge on any atom is -0.368 e. The second-order valence-corrected chi connectivity index (χ2v) is 3.36. The van der Waals surface area contributed by atoms with Gasteiger partial charge in [0.1, 0.15) is 0 Å². The van der Waals surface area contributed by atoms with Crippen LogP contribution in [0.15, 0.2) is 0 Å². The minimum absolute atomic E-state index is 0.0422. The predicted octanol–water partition coefficient (Wildman–Crippen LogP) is -2.48. The van der Waals surface area contributed by atoms with Gasteiger partial charge in [-0.25, -0.2) is 0 Å². The summed E-state index contributed by atoms with van der Waals surface area (Å²) in [5, 5.41) is 0. The zero-order valence-electron chi connectivity index (χ0n) is 8.60. The summed E-state index contributed by atoms with van der Waals surface area (Å²) >= 11 is 0. The molecule has 15 heavy (non-hydrogen) atoms. The van der Waals surface area contributed by atoms with E-state index in [1.54, 1.807) is 6.92 Å². The van der Waals surface area contributed by atoms with Crippen LogP contribution in [0.2, 0.25) is 0 Å². The number of nitrogens with zero attached hydrogens (tertiary/aromatic N) is 1. The lowest BCUT2D eigenvalue weighted by Crippen LogP contribution is -2.44. The van der Waals surface area contributed by atoms with E-state index in [0.717, 1.165) is 4.90 Å². The molecule has 0 rings (SSSR count). The molecule has 0 aliphatic rings. The first kappa shape index (κ1) is 13.4. The lowest BCUT2D eigenvalue weighted by Gasteiger charge is -2.20. The van der Waals surface area contributed by atoms with Crippen LogP contribution >= 0.6 is 0 Å². The highest BCUT2D eigenvalue weighted by Gasteiger charge is 2.18. The number of rotatable bonds is 6. The van der Waals surface area contributed by atoms with Crippen molar-refractivity contribution in [2.45, 2.75) is 19.4 Å². The number of primary amides is 2. The van der Waals surface area contributed by atoms with E-state index in [1.807, 2.05) is 0 Å². The van der Waals surface area contributed by atoms with Crippen molar-refractivity contribution in [1.82, 2.24) is 4.90 Å². The molecule has 0 fully saturated rings. The smallest absolute Gasteiger partial charge is 0.237 e. The molecule has 0 saturated heterocycles. The molecule has 3 amide bonds. The van der Waals surface area contributed by atoms with E-state index in [2.05, 4.69) is 0 Å². The quantitative estimate of drug-likeness (QED) is 0.453. The van der Waals surface area contributed by atoms with Gasteiger partial charge in [0, 0.05) is 12.5 Å². The summed E-state index contributed by atoms with van der Waals surface area (Å²) in [7, 11) is 0. The van der Waals surface area contributed by atoms with Crippen LogP contribution in [-0.2, 0) is 14.4 Å². The summed E-state index contributed by atoms with van der Waals surface area (Å²) in [6.07, 6.45) is 0.0422. The molecule has 0 aromatic carbocycles. The van der Waals surface area contributed by atoms with Gasteiger partial charge < -0.3 is 22.1 Å². The third kappa shape index (κ3) is 6.44. The molecule has 0 saturated carbocycles. The molecule has 6 N–H and O–H groups in total. The average molecular weight is 216 g/mol. The predicted molar refractivity (Wildman–Crippen MR) is 53.2 cm³/mol. The van der Waals surface area contributed by atoms with Crippen molar-refractivity contribution in [1.29, 1.82) is 0 Å². The minimum atomic E-state index is -0.700. The van der Waals surface area contributed by atoms with Crippen molar-refractivity contribution in [2.24, 2.45) is 17.2 Å². The normalized spacial score (nSPS) is 11.9. The second-order valence-electron chi connectivity index (χ2n) is 3.36. The fourth-order valence-corrected chi connectivity index (χ4v) is 1.01. The summed E-state index contributed by atoms with van der Waals surface area (Å²) in [6, 6.07) is -0.347. The molecular weight excluding hydrogens is 200 g/mol. The van der Waals surface area contributed by atoms with Crippen LogP contribution in [-0.4, -0.2) is 41.8 Å². The Bertz CT molecular complexity index is 249. The van der Waals surface area contributed by atoms with Gasteiger partial charge in [0.2, 0.25) is 17.7 Å². The third-order valence-corrected chi connectivity index (χ3v) is 1.54. The molecule has 1 atom stereocenters. The Kier molecular flexibility index (Phi) is 5.32. The largest absolute Gasteiger partial charge is 0.368 e. The van der Waals surface area contributed by atoms with Gasteiger partial charge in [0.25, 0.3) is 0 Å². The summed E-state index contributed by atoms with van der Waals surface area (Å²) in [6.45, 7) is 0.994.